The maximum atomic E-state index is 12.9. The van der Waals surface area contributed by atoms with Crippen LogP contribution in [0.1, 0.15) is 37.5 Å². The van der Waals surface area contributed by atoms with Gasteiger partial charge < -0.3 is 0 Å². The number of rotatable bonds is 6. The minimum atomic E-state index is -0.424. The molecule has 122 valence electrons. The molecular formula is C15H17N3O2S3. The summed E-state index contributed by atoms with van der Waals surface area (Å²) in [4.78, 5) is 25.0. The molecule has 1 saturated carbocycles. The van der Waals surface area contributed by atoms with Crippen LogP contribution in [0.3, 0.4) is 0 Å². The number of thioether (sulfide) groups is 1. The third-order valence-corrected chi connectivity index (χ3v) is 7.10. The predicted molar refractivity (Wildman–Crippen MR) is 94.4 cm³/mol. The Labute approximate surface area is 146 Å². The number of carbonyl (C=O) groups is 2. The molecule has 1 aliphatic carbocycles. The molecule has 2 heterocycles. The van der Waals surface area contributed by atoms with Crippen molar-refractivity contribution in [1.82, 2.24) is 10.2 Å². The third-order valence-electron chi connectivity index (χ3n) is 3.91. The summed E-state index contributed by atoms with van der Waals surface area (Å²) in [6, 6.07) is 4.04. The Morgan fingerprint density at radius 3 is 2.78 bits per heavy atom. The molecule has 0 aliphatic heterocycles. The minimum Gasteiger partial charge on any atom is -0.300 e. The van der Waals surface area contributed by atoms with Crippen LogP contribution in [0.5, 0.6) is 0 Å². The summed E-state index contributed by atoms with van der Waals surface area (Å²) < 4.78 is 0.701. The van der Waals surface area contributed by atoms with Crippen molar-refractivity contribution in [1.29, 1.82) is 0 Å². The maximum Gasteiger partial charge on any atom is 0.237 e. The smallest absolute Gasteiger partial charge is 0.237 e. The Hall–Kier alpha value is -1.25. The number of nitrogens with one attached hydrogen (secondary N) is 1. The molecule has 5 nitrogen and oxygen atoms in total. The van der Waals surface area contributed by atoms with Crippen molar-refractivity contribution in [2.45, 2.75) is 42.4 Å². The van der Waals surface area contributed by atoms with Gasteiger partial charge in [-0.15, -0.1) is 21.5 Å². The highest BCUT2D eigenvalue weighted by Crippen LogP contribution is 2.44. The molecule has 3 rings (SSSR count). The number of hydrogen-bond donors (Lipinski definition) is 1. The summed E-state index contributed by atoms with van der Waals surface area (Å²) in [5.74, 6) is 0.483. The molecule has 0 unspecified atom stereocenters. The van der Waals surface area contributed by atoms with Crippen LogP contribution < -0.4 is 5.32 Å². The Morgan fingerprint density at radius 1 is 1.35 bits per heavy atom. The van der Waals surface area contributed by atoms with Gasteiger partial charge in [-0.2, -0.15) is 0 Å². The molecule has 2 aromatic rings. The first-order valence-corrected chi connectivity index (χ1v) is 10.1. The van der Waals surface area contributed by atoms with E-state index in [0.717, 1.165) is 30.6 Å². The van der Waals surface area contributed by atoms with Crippen molar-refractivity contribution in [3.8, 4) is 0 Å². The molecule has 8 heteroatoms. The van der Waals surface area contributed by atoms with E-state index < -0.39 is 5.41 Å². The lowest BCUT2D eigenvalue weighted by Gasteiger charge is -2.25. The average Bonchev–Trinajstić information content (AvgIpc) is 3.26. The second-order valence-electron chi connectivity index (χ2n) is 5.58. The van der Waals surface area contributed by atoms with E-state index >= 15 is 0 Å². The molecule has 0 bridgehead atoms. The fourth-order valence-corrected chi connectivity index (χ4v) is 5.34. The highest BCUT2D eigenvalue weighted by Gasteiger charge is 2.43. The number of hydrogen-bond acceptors (Lipinski definition) is 7. The fourth-order valence-electron chi connectivity index (χ4n) is 2.81. The molecule has 0 aromatic carbocycles. The summed E-state index contributed by atoms with van der Waals surface area (Å²) in [5.41, 5.74) is -0.424. The Morgan fingerprint density at radius 2 is 2.13 bits per heavy atom. The zero-order valence-corrected chi connectivity index (χ0v) is 15.2. The molecule has 1 fully saturated rings. The van der Waals surface area contributed by atoms with E-state index in [1.54, 1.807) is 18.3 Å². The van der Waals surface area contributed by atoms with Crippen LogP contribution >= 0.6 is 34.4 Å². The van der Waals surface area contributed by atoms with Crippen molar-refractivity contribution in [2.24, 2.45) is 0 Å². The van der Waals surface area contributed by atoms with Gasteiger partial charge in [-0.05, 0) is 31.2 Å². The lowest BCUT2D eigenvalue weighted by molar-refractivity contribution is -0.121. The molecule has 2 aromatic heterocycles. The molecule has 1 aliphatic rings. The van der Waals surface area contributed by atoms with Gasteiger partial charge in [0.2, 0.25) is 11.0 Å². The van der Waals surface area contributed by atoms with Crippen LogP contribution in [0, 0.1) is 0 Å². The summed E-state index contributed by atoms with van der Waals surface area (Å²) in [6.45, 7) is 1.54. The van der Waals surface area contributed by atoms with E-state index in [0.29, 0.717) is 15.2 Å². The highest BCUT2D eigenvalue weighted by atomic mass is 32.2. The zero-order valence-electron chi connectivity index (χ0n) is 12.7. The van der Waals surface area contributed by atoms with Crippen molar-refractivity contribution < 1.29 is 9.59 Å². The molecule has 1 N–H and O–H groups in total. The number of thiophene rings is 1. The van der Waals surface area contributed by atoms with Crippen LogP contribution in [0.25, 0.3) is 0 Å². The Balaban J connectivity index is 1.72. The zero-order chi connectivity index (χ0) is 16.3. The van der Waals surface area contributed by atoms with Crippen LogP contribution in [-0.4, -0.2) is 27.6 Å². The lowest BCUT2D eigenvalue weighted by Crippen LogP contribution is -2.37. The van der Waals surface area contributed by atoms with Crippen LogP contribution in [-0.2, 0) is 15.0 Å². The maximum absolute atomic E-state index is 12.9. The first-order valence-electron chi connectivity index (χ1n) is 7.41. The van der Waals surface area contributed by atoms with Gasteiger partial charge in [0.25, 0.3) is 0 Å². The number of aromatic nitrogens is 2. The SMILES string of the molecule is CC(=O)CSc1nnc(NC(=O)C2(c3cccs3)CCCC2)s1. The molecule has 0 atom stereocenters. The Kier molecular flexibility index (Phi) is 5.13. The molecule has 23 heavy (non-hydrogen) atoms. The summed E-state index contributed by atoms with van der Waals surface area (Å²) in [7, 11) is 0. The summed E-state index contributed by atoms with van der Waals surface area (Å²) >= 11 is 4.31. The van der Waals surface area contributed by atoms with E-state index in [9.17, 15) is 9.59 Å². The van der Waals surface area contributed by atoms with Crippen molar-refractivity contribution in [3.05, 3.63) is 22.4 Å². The Bertz CT molecular complexity index is 691. The van der Waals surface area contributed by atoms with Crippen molar-refractivity contribution in [2.75, 3.05) is 11.1 Å². The van der Waals surface area contributed by atoms with Gasteiger partial charge in [-0.1, -0.05) is 42.0 Å². The number of amides is 1. The van der Waals surface area contributed by atoms with Gasteiger partial charge in [0.1, 0.15) is 5.78 Å². The van der Waals surface area contributed by atoms with E-state index in [2.05, 4.69) is 15.5 Å². The topological polar surface area (TPSA) is 72.0 Å². The second-order valence-corrected chi connectivity index (χ2v) is 8.73. The quantitative estimate of drug-likeness (QED) is 0.622. The van der Waals surface area contributed by atoms with Crippen LogP contribution in [0.2, 0.25) is 0 Å². The molecule has 0 saturated heterocycles. The van der Waals surface area contributed by atoms with Crippen LogP contribution in [0.15, 0.2) is 21.9 Å². The first kappa shape index (κ1) is 16.6. The highest BCUT2D eigenvalue weighted by molar-refractivity contribution is 8.01. The lowest BCUT2D eigenvalue weighted by atomic mass is 9.83. The number of anilines is 1. The van der Waals surface area contributed by atoms with Gasteiger partial charge >= 0.3 is 0 Å². The third kappa shape index (κ3) is 3.64. The summed E-state index contributed by atoms with van der Waals surface area (Å²) in [5, 5.41) is 13.5. The van der Waals surface area contributed by atoms with Crippen molar-refractivity contribution >= 4 is 51.3 Å². The summed E-state index contributed by atoms with van der Waals surface area (Å²) in [6.07, 6.45) is 3.90. The first-order chi connectivity index (χ1) is 11.1. The number of ketones is 1. The van der Waals surface area contributed by atoms with E-state index in [1.165, 1.54) is 23.1 Å². The number of Topliss-reactive ketones (excluding diaryl/α,β-unsaturated/α-hetero) is 1. The van der Waals surface area contributed by atoms with Gasteiger partial charge in [0.05, 0.1) is 11.2 Å². The standard InChI is InChI=1S/C15H17N3O2S3/c1-10(19)9-22-14-18-17-13(23-14)16-12(20)15(6-2-3-7-15)11-5-4-8-21-11/h4-5,8H,2-3,6-7,9H2,1H3,(H,16,17,20). The van der Waals surface area contributed by atoms with Gasteiger partial charge in [-0.25, -0.2) is 0 Å². The normalized spacial score (nSPS) is 16.4. The monoisotopic (exact) mass is 367 g/mol. The molecule has 0 spiro atoms. The largest absolute Gasteiger partial charge is 0.300 e. The second kappa shape index (κ2) is 7.11. The van der Waals surface area contributed by atoms with Gasteiger partial charge in [-0.3, -0.25) is 14.9 Å². The van der Waals surface area contributed by atoms with E-state index in [4.69, 9.17) is 0 Å². The molecule has 0 radical (unpaired) electrons. The van der Waals surface area contributed by atoms with Crippen LogP contribution in [0.4, 0.5) is 5.13 Å². The predicted octanol–water partition coefficient (Wildman–Crippen LogP) is 3.73. The van der Waals surface area contributed by atoms with Gasteiger partial charge in [0.15, 0.2) is 4.34 Å². The molecule has 1 amide bonds. The van der Waals surface area contributed by atoms with Gasteiger partial charge in [0, 0.05) is 4.88 Å². The minimum absolute atomic E-state index is 0.0108. The van der Waals surface area contributed by atoms with Crippen molar-refractivity contribution in [3.63, 3.8) is 0 Å². The number of nitrogens with zero attached hydrogens (tertiary/aromatic N) is 2. The molecular weight excluding hydrogens is 350 g/mol. The average molecular weight is 368 g/mol. The number of carbonyl (C=O) groups excluding carboxylic acids is 2. The fraction of sp³-hybridized carbons (Fsp3) is 0.467. The van der Waals surface area contributed by atoms with E-state index in [1.807, 2.05) is 17.5 Å². The van der Waals surface area contributed by atoms with E-state index in [-0.39, 0.29) is 11.7 Å².